The van der Waals surface area contributed by atoms with E-state index in [9.17, 15) is 4.39 Å². The molecule has 1 aromatic carbocycles. The van der Waals surface area contributed by atoms with Gasteiger partial charge in [-0.3, -0.25) is 4.57 Å². The highest BCUT2D eigenvalue weighted by atomic mass is 19.1. The lowest BCUT2D eigenvalue weighted by molar-refractivity contribution is 0.627. The molecule has 2 heterocycles. The first-order chi connectivity index (χ1) is 9.24. The third-order valence-corrected chi connectivity index (χ3v) is 2.82. The Bertz CT molecular complexity index is 703. The molecule has 0 aliphatic carbocycles. The largest absolute Gasteiger partial charge is 0.384 e. The lowest BCUT2D eigenvalue weighted by Crippen LogP contribution is -1.96. The van der Waals surface area contributed by atoms with E-state index in [0.29, 0.717) is 5.82 Å². The van der Waals surface area contributed by atoms with Gasteiger partial charge in [0, 0.05) is 17.4 Å². The Hall–Kier alpha value is -2.69. The summed E-state index contributed by atoms with van der Waals surface area (Å²) in [5.74, 6) is 0.183. The molecule has 0 atom stereocenters. The van der Waals surface area contributed by atoms with Gasteiger partial charge in [0.05, 0.1) is 18.2 Å². The molecule has 94 valence electrons. The van der Waals surface area contributed by atoms with Crippen molar-refractivity contribution in [2.45, 2.75) is 0 Å². The summed E-state index contributed by atoms with van der Waals surface area (Å²) >= 11 is 0. The number of hydrogen-bond acceptors (Lipinski definition) is 3. The van der Waals surface area contributed by atoms with Crippen molar-refractivity contribution in [2.24, 2.45) is 0 Å². The van der Waals surface area contributed by atoms with Crippen LogP contribution in [0.4, 0.5) is 10.2 Å². The maximum absolute atomic E-state index is 13.0. The standard InChI is InChI=1S/C14H11FN4/c15-11-1-3-12(4-2-11)19-9-17-8-13(19)10-5-6-18-14(16)7-10/h1-9H,(H2,16,18). The van der Waals surface area contributed by atoms with Crippen LogP contribution in [0, 0.1) is 5.82 Å². The van der Waals surface area contributed by atoms with Crippen molar-refractivity contribution >= 4 is 5.82 Å². The van der Waals surface area contributed by atoms with Crippen LogP contribution in [-0.4, -0.2) is 14.5 Å². The van der Waals surface area contributed by atoms with Gasteiger partial charge < -0.3 is 5.73 Å². The fourth-order valence-corrected chi connectivity index (χ4v) is 1.92. The van der Waals surface area contributed by atoms with Crippen molar-refractivity contribution in [3.05, 3.63) is 60.9 Å². The average molecular weight is 254 g/mol. The van der Waals surface area contributed by atoms with Gasteiger partial charge >= 0.3 is 0 Å². The van der Waals surface area contributed by atoms with E-state index in [1.54, 1.807) is 36.9 Å². The SMILES string of the molecule is Nc1cc(-c2cncn2-c2ccc(F)cc2)ccn1. The summed E-state index contributed by atoms with van der Waals surface area (Å²) in [6.07, 6.45) is 5.06. The van der Waals surface area contributed by atoms with Gasteiger partial charge in [0.15, 0.2) is 0 Å². The topological polar surface area (TPSA) is 56.7 Å². The molecule has 19 heavy (non-hydrogen) atoms. The van der Waals surface area contributed by atoms with Crippen LogP contribution in [0.3, 0.4) is 0 Å². The highest BCUT2D eigenvalue weighted by Gasteiger charge is 2.07. The predicted molar refractivity (Wildman–Crippen MR) is 71.2 cm³/mol. The summed E-state index contributed by atoms with van der Waals surface area (Å²) in [7, 11) is 0. The van der Waals surface area contributed by atoms with E-state index >= 15 is 0 Å². The first kappa shape index (κ1) is 11.4. The van der Waals surface area contributed by atoms with Crippen LogP contribution in [0.15, 0.2) is 55.1 Å². The Morgan fingerprint density at radius 3 is 2.63 bits per heavy atom. The van der Waals surface area contributed by atoms with Crippen LogP contribution in [0.5, 0.6) is 0 Å². The quantitative estimate of drug-likeness (QED) is 0.764. The minimum absolute atomic E-state index is 0.265. The number of anilines is 1. The van der Waals surface area contributed by atoms with Crippen molar-refractivity contribution in [1.29, 1.82) is 0 Å². The van der Waals surface area contributed by atoms with Crippen molar-refractivity contribution < 1.29 is 4.39 Å². The van der Waals surface area contributed by atoms with Gasteiger partial charge in [0.2, 0.25) is 0 Å². The number of rotatable bonds is 2. The van der Waals surface area contributed by atoms with Crippen LogP contribution in [-0.2, 0) is 0 Å². The summed E-state index contributed by atoms with van der Waals surface area (Å²) in [5.41, 5.74) is 8.31. The molecule has 3 aromatic rings. The van der Waals surface area contributed by atoms with E-state index in [1.807, 2.05) is 10.6 Å². The van der Waals surface area contributed by atoms with Crippen molar-refractivity contribution in [1.82, 2.24) is 14.5 Å². The number of pyridine rings is 1. The maximum Gasteiger partial charge on any atom is 0.123 e. The number of nitrogens with two attached hydrogens (primary N) is 1. The average Bonchev–Trinajstić information content (AvgIpc) is 2.89. The summed E-state index contributed by atoms with van der Waals surface area (Å²) in [4.78, 5) is 8.10. The van der Waals surface area contributed by atoms with Crippen molar-refractivity contribution in [3.8, 4) is 16.9 Å². The molecule has 0 saturated heterocycles. The molecule has 0 bridgehead atoms. The van der Waals surface area contributed by atoms with E-state index in [4.69, 9.17) is 5.73 Å². The molecule has 2 aromatic heterocycles. The number of nitrogens with zero attached hydrogens (tertiary/aromatic N) is 3. The molecule has 2 N–H and O–H groups in total. The van der Waals surface area contributed by atoms with Crippen LogP contribution < -0.4 is 5.73 Å². The minimum atomic E-state index is -0.265. The predicted octanol–water partition coefficient (Wildman–Crippen LogP) is 2.66. The molecule has 0 aliphatic rings. The molecule has 4 nitrogen and oxygen atoms in total. The second-order valence-electron chi connectivity index (χ2n) is 4.09. The smallest absolute Gasteiger partial charge is 0.123 e. The number of hydrogen-bond donors (Lipinski definition) is 1. The van der Waals surface area contributed by atoms with Crippen LogP contribution >= 0.6 is 0 Å². The molecule has 0 aliphatic heterocycles. The Morgan fingerprint density at radius 2 is 1.89 bits per heavy atom. The van der Waals surface area contributed by atoms with Crippen molar-refractivity contribution in [3.63, 3.8) is 0 Å². The molecule has 0 unspecified atom stereocenters. The summed E-state index contributed by atoms with van der Waals surface area (Å²) in [6.45, 7) is 0. The zero-order chi connectivity index (χ0) is 13.2. The fourth-order valence-electron chi connectivity index (χ4n) is 1.92. The Morgan fingerprint density at radius 1 is 1.11 bits per heavy atom. The normalized spacial score (nSPS) is 10.6. The van der Waals surface area contributed by atoms with E-state index < -0.39 is 0 Å². The third-order valence-electron chi connectivity index (χ3n) is 2.82. The molecule has 5 heteroatoms. The highest BCUT2D eigenvalue weighted by molar-refractivity contribution is 5.64. The van der Waals surface area contributed by atoms with Gasteiger partial charge in [-0.1, -0.05) is 0 Å². The second-order valence-corrected chi connectivity index (χ2v) is 4.09. The molecule has 0 amide bonds. The van der Waals surface area contributed by atoms with E-state index in [0.717, 1.165) is 16.9 Å². The number of aromatic nitrogens is 3. The highest BCUT2D eigenvalue weighted by Crippen LogP contribution is 2.23. The Balaban J connectivity index is 2.10. The molecule has 0 radical (unpaired) electrons. The van der Waals surface area contributed by atoms with E-state index in [1.165, 1.54) is 12.1 Å². The lowest BCUT2D eigenvalue weighted by Gasteiger charge is -2.08. The monoisotopic (exact) mass is 254 g/mol. The first-order valence-corrected chi connectivity index (χ1v) is 5.74. The van der Waals surface area contributed by atoms with Crippen LogP contribution in [0.1, 0.15) is 0 Å². The fraction of sp³-hybridized carbons (Fsp3) is 0. The summed E-state index contributed by atoms with van der Waals surface area (Å²) in [5, 5.41) is 0. The van der Waals surface area contributed by atoms with Gasteiger partial charge in [-0.2, -0.15) is 0 Å². The van der Waals surface area contributed by atoms with E-state index in [2.05, 4.69) is 9.97 Å². The van der Waals surface area contributed by atoms with Gasteiger partial charge in [0.25, 0.3) is 0 Å². The number of imidazole rings is 1. The second kappa shape index (κ2) is 4.53. The zero-order valence-electron chi connectivity index (χ0n) is 9.99. The van der Waals surface area contributed by atoms with Gasteiger partial charge in [-0.15, -0.1) is 0 Å². The molecular formula is C14H11FN4. The zero-order valence-corrected chi connectivity index (χ0v) is 9.99. The molecule has 3 rings (SSSR count). The summed E-state index contributed by atoms with van der Waals surface area (Å²) in [6, 6.07) is 9.86. The minimum Gasteiger partial charge on any atom is -0.384 e. The molecule has 0 saturated carbocycles. The van der Waals surface area contributed by atoms with Crippen LogP contribution in [0.2, 0.25) is 0 Å². The van der Waals surface area contributed by atoms with Crippen molar-refractivity contribution in [2.75, 3.05) is 5.73 Å². The third kappa shape index (κ3) is 2.18. The maximum atomic E-state index is 13.0. The Labute approximate surface area is 109 Å². The summed E-state index contributed by atoms with van der Waals surface area (Å²) < 4.78 is 14.8. The number of halogens is 1. The molecule has 0 fully saturated rings. The van der Waals surface area contributed by atoms with Gasteiger partial charge in [-0.05, 0) is 36.4 Å². The van der Waals surface area contributed by atoms with Gasteiger partial charge in [0.1, 0.15) is 11.6 Å². The van der Waals surface area contributed by atoms with E-state index in [-0.39, 0.29) is 5.82 Å². The lowest BCUT2D eigenvalue weighted by atomic mass is 10.2. The number of nitrogen functional groups attached to an aromatic ring is 1. The Kier molecular flexibility index (Phi) is 2.72. The number of benzene rings is 1. The van der Waals surface area contributed by atoms with Crippen LogP contribution in [0.25, 0.3) is 16.9 Å². The molecular weight excluding hydrogens is 243 g/mol. The first-order valence-electron chi connectivity index (χ1n) is 5.74. The molecule has 0 spiro atoms. The van der Waals surface area contributed by atoms with Gasteiger partial charge in [-0.25, -0.2) is 14.4 Å².